The number of rotatable bonds is 2. The lowest BCUT2D eigenvalue weighted by Crippen LogP contribution is -2.11. The lowest BCUT2D eigenvalue weighted by Gasteiger charge is -2.14. The number of benzene rings is 2. The van der Waals surface area contributed by atoms with E-state index in [-0.39, 0.29) is 5.82 Å². The molecule has 2 aromatic carbocycles. The Balaban J connectivity index is 1.69. The molecule has 0 fully saturated rings. The molecule has 0 radical (unpaired) electrons. The van der Waals surface area contributed by atoms with E-state index >= 15 is 0 Å². The summed E-state index contributed by atoms with van der Waals surface area (Å²) in [6.07, 6.45) is 1.67. The van der Waals surface area contributed by atoms with Crippen LogP contribution in [0.4, 0.5) is 4.39 Å². The smallest absolute Gasteiger partial charge is 0.210 e. The molecular weight excluding hydrogens is 309 g/mol. The Hall–Kier alpha value is -2.40. The molecule has 0 bridgehead atoms. The molecule has 116 valence electrons. The highest BCUT2D eigenvalue weighted by Gasteiger charge is 2.10. The van der Waals surface area contributed by atoms with Crippen molar-refractivity contribution in [1.29, 1.82) is 0 Å². The molecule has 23 heavy (non-hydrogen) atoms. The highest BCUT2D eigenvalue weighted by atomic mass is 32.2. The Labute approximate surface area is 139 Å². The van der Waals surface area contributed by atoms with E-state index in [0.29, 0.717) is 5.17 Å². The second-order valence-electron chi connectivity index (χ2n) is 5.28. The van der Waals surface area contributed by atoms with Gasteiger partial charge in [-0.3, -0.25) is 5.43 Å². The monoisotopic (exact) mass is 325 g/mol. The predicted octanol–water partition coefficient (Wildman–Crippen LogP) is 4.47. The summed E-state index contributed by atoms with van der Waals surface area (Å²) < 4.78 is 12.9. The first-order chi connectivity index (χ1) is 11.1. The van der Waals surface area contributed by atoms with E-state index in [4.69, 9.17) is 0 Å². The van der Waals surface area contributed by atoms with Gasteiger partial charge < -0.3 is 0 Å². The lowest BCUT2D eigenvalue weighted by molar-refractivity contribution is 0.628. The summed E-state index contributed by atoms with van der Waals surface area (Å²) in [7, 11) is 0. The summed E-state index contributed by atoms with van der Waals surface area (Å²) in [6, 6.07) is 12.5. The fourth-order valence-corrected chi connectivity index (χ4v) is 2.86. The molecular formula is C18H16FN3S. The minimum Gasteiger partial charge on any atom is -0.275 e. The van der Waals surface area contributed by atoms with Gasteiger partial charge in [-0.2, -0.15) is 0 Å². The van der Waals surface area contributed by atoms with E-state index < -0.39 is 0 Å². The van der Waals surface area contributed by atoms with Crippen LogP contribution < -0.4 is 5.43 Å². The fourth-order valence-electron chi connectivity index (χ4n) is 2.25. The predicted molar refractivity (Wildman–Crippen MR) is 96.0 cm³/mol. The van der Waals surface area contributed by atoms with Gasteiger partial charge in [0, 0.05) is 17.2 Å². The van der Waals surface area contributed by atoms with Crippen LogP contribution in [0.2, 0.25) is 0 Å². The zero-order valence-electron chi connectivity index (χ0n) is 12.9. The van der Waals surface area contributed by atoms with Crippen LogP contribution in [0.1, 0.15) is 22.3 Å². The Kier molecular flexibility index (Phi) is 4.57. The highest BCUT2D eigenvalue weighted by Crippen LogP contribution is 2.24. The van der Waals surface area contributed by atoms with Gasteiger partial charge in [0.25, 0.3) is 0 Å². The van der Waals surface area contributed by atoms with Gasteiger partial charge in [0.05, 0.1) is 5.70 Å². The minimum absolute atomic E-state index is 0.255. The number of amidine groups is 1. The number of nitrogens with one attached hydrogen (secondary N) is 1. The van der Waals surface area contributed by atoms with Crippen molar-refractivity contribution in [3.05, 3.63) is 75.9 Å². The van der Waals surface area contributed by atoms with Crippen LogP contribution in [0.3, 0.4) is 0 Å². The second kappa shape index (κ2) is 6.79. The normalized spacial score (nSPS) is 14.4. The van der Waals surface area contributed by atoms with E-state index in [1.54, 1.807) is 18.3 Å². The van der Waals surface area contributed by atoms with Gasteiger partial charge in [0.15, 0.2) is 0 Å². The maximum absolute atomic E-state index is 12.9. The lowest BCUT2D eigenvalue weighted by atomic mass is 10.0. The van der Waals surface area contributed by atoms with Crippen molar-refractivity contribution < 1.29 is 4.39 Å². The molecule has 0 aliphatic carbocycles. The summed E-state index contributed by atoms with van der Waals surface area (Å²) in [4.78, 5) is 4.31. The highest BCUT2D eigenvalue weighted by molar-refractivity contribution is 8.16. The summed E-state index contributed by atoms with van der Waals surface area (Å²) in [6.45, 7) is 4.16. The number of halogens is 1. The van der Waals surface area contributed by atoms with Gasteiger partial charge in [-0.25, -0.2) is 9.38 Å². The van der Waals surface area contributed by atoms with Crippen LogP contribution in [0.5, 0.6) is 0 Å². The standard InChI is InChI=1S/C18H16FN3S/c1-12-3-8-16(13(2)9-12)17-11-23-18(22-21-17)20-10-14-4-6-15(19)7-5-14/h3-11,21H,1-2H3. The molecule has 0 amide bonds. The van der Waals surface area contributed by atoms with Gasteiger partial charge in [-0.1, -0.05) is 47.7 Å². The zero-order valence-corrected chi connectivity index (χ0v) is 13.7. The molecule has 3 nitrogen and oxygen atoms in total. The molecule has 0 atom stereocenters. The van der Waals surface area contributed by atoms with Crippen LogP contribution in [-0.2, 0) is 0 Å². The van der Waals surface area contributed by atoms with Crippen molar-refractivity contribution >= 4 is 28.8 Å². The maximum atomic E-state index is 12.9. The zero-order chi connectivity index (χ0) is 16.2. The topological polar surface area (TPSA) is 36.8 Å². The Morgan fingerprint density at radius 2 is 1.91 bits per heavy atom. The first-order valence-electron chi connectivity index (χ1n) is 7.19. The van der Waals surface area contributed by atoms with Crippen molar-refractivity contribution in [3.63, 3.8) is 0 Å². The van der Waals surface area contributed by atoms with Crippen LogP contribution in [-0.4, -0.2) is 11.4 Å². The molecule has 0 unspecified atom stereocenters. The Bertz CT molecular complexity index is 808. The quantitative estimate of drug-likeness (QED) is 0.827. The maximum Gasteiger partial charge on any atom is 0.210 e. The molecule has 1 aliphatic heterocycles. The molecule has 0 aromatic heterocycles. The van der Waals surface area contributed by atoms with E-state index in [1.807, 2.05) is 5.41 Å². The van der Waals surface area contributed by atoms with Crippen molar-refractivity contribution in [2.75, 3.05) is 0 Å². The summed E-state index contributed by atoms with van der Waals surface area (Å²) >= 11 is 1.45. The van der Waals surface area contributed by atoms with Gasteiger partial charge in [0.1, 0.15) is 5.82 Å². The molecule has 1 N–H and O–H groups in total. The SMILES string of the molecule is Cc1ccc(C2=CSC(N=Cc3ccc(F)cc3)=NN2)c(C)c1. The molecule has 2 aromatic rings. The number of hydrogen-bond donors (Lipinski definition) is 1. The van der Waals surface area contributed by atoms with E-state index in [2.05, 4.69) is 47.6 Å². The van der Waals surface area contributed by atoms with E-state index in [1.165, 1.54) is 35.0 Å². The summed E-state index contributed by atoms with van der Waals surface area (Å²) in [5, 5.41) is 6.89. The van der Waals surface area contributed by atoms with Crippen molar-refractivity contribution in [1.82, 2.24) is 5.43 Å². The Morgan fingerprint density at radius 1 is 1.13 bits per heavy atom. The number of hydrazone groups is 1. The first-order valence-corrected chi connectivity index (χ1v) is 8.07. The second-order valence-corrected chi connectivity index (χ2v) is 6.12. The van der Waals surface area contributed by atoms with Gasteiger partial charge in [-0.15, -0.1) is 5.10 Å². The average molecular weight is 325 g/mol. The molecule has 0 saturated carbocycles. The molecule has 3 rings (SSSR count). The van der Waals surface area contributed by atoms with Gasteiger partial charge >= 0.3 is 0 Å². The average Bonchev–Trinajstić information content (AvgIpc) is 2.55. The number of hydrogen-bond acceptors (Lipinski definition) is 4. The molecule has 0 spiro atoms. The van der Waals surface area contributed by atoms with Crippen LogP contribution in [0.15, 0.2) is 58.0 Å². The number of aliphatic imine (C=N–C) groups is 1. The minimum atomic E-state index is -0.255. The first kappa shape index (κ1) is 15.5. The largest absolute Gasteiger partial charge is 0.275 e. The molecule has 1 aliphatic rings. The summed E-state index contributed by atoms with van der Waals surface area (Å²) in [5.41, 5.74) is 8.42. The number of aryl methyl sites for hydroxylation is 2. The fraction of sp³-hybridized carbons (Fsp3) is 0.111. The van der Waals surface area contributed by atoms with Crippen LogP contribution >= 0.6 is 11.8 Å². The van der Waals surface area contributed by atoms with Crippen LogP contribution in [0.25, 0.3) is 5.70 Å². The number of thioether (sulfide) groups is 1. The van der Waals surface area contributed by atoms with Gasteiger partial charge in [0.2, 0.25) is 5.17 Å². The van der Waals surface area contributed by atoms with E-state index in [0.717, 1.165) is 16.8 Å². The molecule has 0 saturated heterocycles. The van der Waals surface area contributed by atoms with E-state index in [9.17, 15) is 4.39 Å². The molecule has 5 heteroatoms. The van der Waals surface area contributed by atoms with Crippen molar-refractivity contribution in [3.8, 4) is 0 Å². The summed E-state index contributed by atoms with van der Waals surface area (Å²) in [5.74, 6) is -0.255. The van der Waals surface area contributed by atoms with Crippen molar-refractivity contribution in [2.24, 2.45) is 10.1 Å². The third kappa shape index (κ3) is 3.87. The van der Waals surface area contributed by atoms with Crippen LogP contribution in [0, 0.1) is 19.7 Å². The third-order valence-corrected chi connectivity index (χ3v) is 4.18. The van der Waals surface area contributed by atoms with Crippen molar-refractivity contribution in [2.45, 2.75) is 13.8 Å². The number of nitrogens with zero attached hydrogens (tertiary/aromatic N) is 2. The Morgan fingerprint density at radius 3 is 2.57 bits per heavy atom. The third-order valence-electron chi connectivity index (χ3n) is 3.42. The molecule has 1 heterocycles. The van der Waals surface area contributed by atoms with Gasteiger partial charge in [-0.05, 0) is 37.1 Å².